The lowest BCUT2D eigenvalue weighted by atomic mass is 9.81. The van der Waals surface area contributed by atoms with Gasteiger partial charge in [0.15, 0.2) is 0 Å². The van der Waals surface area contributed by atoms with Gasteiger partial charge in [0.2, 0.25) is 11.8 Å². The van der Waals surface area contributed by atoms with E-state index in [-0.39, 0.29) is 4.87 Å². The van der Waals surface area contributed by atoms with Crippen LogP contribution in [0.15, 0.2) is 34.1 Å². The molecule has 1 aliphatic heterocycles. The number of rotatable bonds is 4. The molecule has 1 aromatic carbocycles. The molecule has 2 amide bonds. The van der Waals surface area contributed by atoms with Crippen LogP contribution in [0.4, 0.5) is 0 Å². The first-order chi connectivity index (χ1) is 12.3. The lowest BCUT2D eigenvalue weighted by Crippen LogP contribution is -2.45. The number of carbonyl (C=O) groups is 3. The summed E-state index contributed by atoms with van der Waals surface area (Å²) in [6, 6.07) is 6.40. The molecule has 0 radical (unpaired) electrons. The van der Waals surface area contributed by atoms with Gasteiger partial charge in [-0.15, -0.1) is 0 Å². The third-order valence-corrected chi connectivity index (χ3v) is 6.59. The van der Waals surface area contributed by atoms with Crippen LogP contribution in [0.25, 0.3) is 0 Å². The van der Waals surface area contributed by atoms with Crippen molar-refractivity contribution in [3.8, 4) is 0 Å². The Kier molecular flexibility index (Phi) is 4.88. The fourth-order valence-corrected chi connectivity index (χ4v) is 5.45. The second kappa shape index (κ2) is 6.96. The molecular formula is C16H15N3O5S2. The van der Waals surface area contributed by atoms with Crippen LogP contribution in [-0.2, 0) is 14.3 Å². The Morgan fingerprint density at radius 2 is 1.77 bits per heavy atom. The van der Waals surface area contributed by atoms with Crippen LogP contribution in [-0.4, -0.2) is 35.1 Å². The zero-order valence-electron chi connectivity index (χ0n) is 13.6. The Hall–Kier alpha value is -2.59. The summed E-state index contributed by atoms with van der Waals surface area (Å²) < 4.78 is 4.67. The zero-order chi connectivity index (χ0) is 19.0. The summed E-state index contributed by atoms with van der Waals surface area (Å²) in [5.74, 6) is -3.40. The number of H-pyrrole nitrogens is 1. The molecule has 0 unspecified atom stereocenters. The fourth-order valence-electron chi connectivity index (χ4n) is 3.01. The highest BCUT2D eigenvalue weighted by molar-refractivity contribution is 8.00. The van der Waals surface area contributed by atoms with Gasteiger partial charge in [0.25, 0.3) is 0 Å². The number of ether oxygens (including phenoxy) is 1. The minimum absolute atomic E-state index is 0.299. The van der Waals surface area contributed by atoms with Crippen molar-refractivity contribution < 1.29 is 19.1 Å². The van der Waals surface area contributed by atoms with Gasteiger partial charge >= 0.3 is 10.8 Å². The van der Waals surface area contributed by atoms with E-state index in [1.807, 2.05) is 0 Å². The van der Waals surface area contributed by atoms with E-state index in [0.29, 0.717) is 21.0 Å². The second-order valence-corrected chi connectivity index (χ2v) is 7.83. The van der Waals surface area contributed by atoms with Crippen LogP contribution in [0.1, 0.15) is 26.7 Å². The molecular weight excluding hydrogens is 378 g/mol. The van der Waals surface area contributed by atoms with Gasteiger partial charge in [-0.2, -0.15) is 0 Å². The molecule has 3 rings (SSSR count). The van der Waals surface area contributed by atoms with Crippen molar-refractivity contribution in [2.75, 3.05) is 7.11 Å². The van der Waals surface area contributed by atoms with Gasteiger partial charge in [-0.05, 0) is 17.7 Å². The van der Waals surface area contributed by atoms with Crippen molar-refractivity contribution in [1.82, 2.24) is 4.98 Å². The Labute approximate surface area is 155 Å². The summed E-state index contributed by atoms with van der Waals surface area (Å²) in [4.78, 5) is 50.4. The number of hydrogen-bond acceptors (Lipinski definition) is 7. The molecule has 8 nitrogen and oxygen atoms in total. The number of aromatic nitrogens is 1. The second-order valence-electron chi connectivity index (χ2n) is 5.67. The highest BCUT2D eigenvalue weighted by Gasteiger charge is 2.46. The van der Waals surface area contributed by atoms with Crippen molar-refractivity contribution in [3.63, 3.8) is 0 Å². The van der Waals surface area contributed by atoms with Gasteiger partial charge in [0.05, 0.1) is 23.6 Å². The Balaban J connectivity index is 2.14. The van der Waals surface area contributed by atoms with Gasteiger partial charge < -0.3 is 21.2 Å². The molecule has 2 heterocycles. The van der Waals surface area contributed by atoms with Gasteiger partial charge in [0.1, 0.15) is 5.25 Å². The summed E-state index contributed by atoms with van der Waals surface area (Å²) in [6.07, 6.45) is 0. The number of methoxy groups -OCH3 is 1. The maximum Gasteiger partial charge on any atom is 0.337 e. The first kappa shape index (κ1) is 18.2. The van der Waals surface area contributed by atoms with Gasteiger partial charge in [-0.25, -0.2) is 4.79 Å². The van der Waals surface area contributed by atoms with E-state index in [0.717, 1.165) is 23.1 Å². The van der Waals surface area contributed by atoms with E-state index in [1.54, 1.807) is 24.3 Å². The SMILES string of the molecule is COC(=O)c1ccc([C@H]2c3sc(=O)[nH]c3S[C@H](C(N)=O)[C@@H]2C(N)=O)cc1. The molecule has 1 aliphatic rings. The Bertz CT molecular complexity index is 934. The highest BCUT2D eigenvalue weighted by atomic mass is 32.2. The smallest absolute Gasteiger partial charge is 0.337 e. The minimum Gasteiger partial charge on any atom is -0.465 e. The predicted molar refractivity (Wildman–Crippen MR) is 96.1 cm³/mol. The number of nitrogens with two attached hydrogens (primary N) is 2. The maximum atomic E-state index is 12.1. The number of thioether (sulfide) groups is 1. The molecule has 136 valence electrons. The standard InChI is InChI=1S/C16H15N3O5S2/c1-24-15(22)7-4-2-6(3-5-7)8-9(12(17)20)10(13(18)21)25-14-11(8)26-16(23)19-14/h2-5,8-10H,1H3,(H2,17,20)(H2,18,21)(H,19,23)/t8-,9-,10+/m1/s1. The molecule has 5 N–H and O–H groups in total. The Morgan fingerprint density at radius 3 is 2.31 bits per heavy atom. The van der Waals surface area contributed by atoms with E-state index in [4.69, 9.17) is 11.5 Å². The molecule has 0 saturated heterocycles. The van der Waals surface area contributed by atoms with Crippen molar-refractivity contribution in [2.24, 2.45) is 17.4 Å². The monoisotopic (exact) mass is 393 g/mol. The lowest BCUT2D eigenvalue weighted by molar-refractivity contribution is -0.126. The van der Waals surface area contributed by atoms with Crippen LogP contribution < -0.4 is 16.3 Å². The van der Waals surface area contributed by atoms with Crippen molar-refractivity contribution >= 4 is 40.9 Å². The van der Waals surface area contributed by atoms with Crippen molar-refractivity contribution in [3.05, 3.63) is 49.9 Å². The fraction of sp³-hybridized carbons (Fsp3) is 0.250. The number of primary amides is 2. The largest absolute Gasteiger partial charge is 0.465 e. The Morgan fingerprint density at radius 1 is 1.12 bits per heavy atom. The van der Waals surface area contributed by atoms with Crippen LogP contribution in [0.2, 0.25) is 0 Å². The predicted octanol–water partition coefficient (Wildman–Crippen LogP) is 0.416. The van der Waals surface area contributed by atoms with E-state index in [2.05, 4.69) is 9.72 Å². The van der Waals surface area contributed by atoms with Crippen LogP contribution in [0.5, 0.6) is 0 Å². The normalized spacial score (nSPS) is 21.7. The average Bonchev–Trinajstić information content (AvgIpc) is 2.99. The zero-order valence-corrected chi connectivity index (χ0v) is 15.2. The molecule has 10 heteroatoms. The summed E-state index contributed by atoms with van der Waals surface area (Å²) >= 11 is 2.00. The molecule has 1 aromatic heterocycles. The number of fused-ring (bicyclic) bond motifs is 1. The number of esters is 1. The van der Waals surface area contributed by atoms with Crippen LogP contribution in [0.3, 0.4) is 0 Å². The lowest BCUT2D eigenvalue weighted by Gasteiger charge is -2.33. The van der Waals surface area contributed by atoms with E-state index in [9.17, 15) is 19.2 Å². The number of benzene rings is 1. The number of aromatic amines is 1. The van der Waals surface area contributed by atoms with Gasteiger partial charge in [-0.1, -0.05) is 35.2 Å². The molecule has 0 saturated carbocycles. The summed E-state index contributed by atoms with van der Waals surface area (Å²) in [5, 5.41) is -0.404. The average molecular weight is 393 g/mol. The molecule has 26 heavy (non-hydrogen) atoms. The van der Waals surface area contributed by atoms with Gasteiger partial charge in [-0.3, -0.25) is 14.4 Å². The number of nitrogens with one attached hydrogen (secondary N) is 1. The summed E-state index contributed by atoms with van der Waals surface area (Å²) in [7, 11) is 1.28. The molecule has 3 atom stereocenters. The first-order valence-electron chi connectivity index (χ1n) is 7.50. The van der Waals surface area contributed by atoms with Gasteiger partial charge in [0, 0.05) is 10.8 Å². The quantitative estimate of drug-likeness (QED) is 0.642. The summed E-state index contributed by atoms with van der Waals surface area (Å²) in [6.45, 7) is 0. The van der Waals surface area contributed by atoms with Crippen molar-refractivity contribution in [2.45, 2.75) is 16.2 Å². The van der Waals surface area contributed by atoms with E-state index in [1.165, 1.54) is 7.11 Å². The minimum atomic E-state index is -0.916. The number of amides is 2. The number of hydrogen-bond donors (Lipinski definition) is 3. The highest BCUT2D eigenvalue weighted by Crippen LogP contribution is 2.48. The third-order valence-electron chi connectivity index (χ3n) is 4.15. The van der Waals surface area contributed by atoms with E-state index >= 15 is 0 Å². The molecule has 0 fully saturated rings. The van der Waals surface area contributed by atoms with Crippen molar-refractivity contribution in [1.29, 1.82) is 0 Å². The van der Waals surface area contributed by atoms with Crippen LogP contribution in [0, 0.1) is 5.92 Å². The van der Waals surface area contributed by atoms with E-state index < -0.39 is 34.9 Å². The molecule has 0 spiro atoms. The molecule has 0 bridgehead atoms. The maximum absolute atomic E-state index is 12.1. The first-order valence-corrected chi connectivity index (χ1v) is 9.19. The molecule has 2 aromatic rings. The number of carbonyl (C=O) groups excluding carboxylic acids is 3. The topological polar surface area (TPSA) is 145 Å². The number of thiazole rings is 1. The van der Waals surface area contributed by atoms with Crippen LogP contribution >= 0.6 is 23.1 Å². The molecule has 0 aliphatic carbocycles. The summed E-state index contributed by atoms with van der Waals surface area (Å²) in [5.41, 5.74) is 12.0. The third kappa shape index (κ3) is 3.13.